The van der Waals surface area contributed by atoms with Crippen molar-refractivity contribution in [2.24, 2.45) is 5.92 Å². The molecule has 1 saturated carbocycles. The lowest BCUT2D eigenvalue weighted by Gasteiger charge is -2.18. The van der Waals surface area contributed by atoms with Crippen molar-refractivity contribution in [1.29, 1.82) is 0 Å². The molecule has 60 valence electrons. The molecular weight excluding hydrogens is 126 g/mol. The Morgan fingerprint density at radius 2 is 2.10 bits per heavy atom. The highest BCUT2D eigenvalue weighted by atomic mass is 16.3. The fraction of sp³-hybridized carbons (Fsp3) is 1.00. The summed E-state index contributed by atoms with van der Waals surface area (Å²) < 4.78 is 0. The molecule has 0 aromatic rings. The molecule has 1 fully saturated rings. The highest BCUT2D eigenvalue weighted by Crippen LogP contribution is 2.25. The van der Waals surface area contributed by atoms with E-state index in [1.165, 1.54) is 12.8 Å². The van der Waals surface area contributed by atoms with Gasteiger partial charge in [0.2, 0.25) is 0 Å². The summed E-state index contributed by atoms with van der Waals surface area (Å²) in [6.45, 7) is 1.04. The highest BCUT2D eigenvalue weighted by Gasteiger charge is 2.24. The fourth-order valence-electron chi connectivity index (χ4n) is 1.70. The molecule has 0 spiro atoms. The van der Waals surface area contributed by atoms with Crippen LogP contribution >= 0.6 is 0 Å². The number of hydrogen-bond acceptors (Lipinski definition) is 2. The van der Waals surface area contributed by atoms with Crippen LogP contribution in [0.25, 0.3) is 0 Å². The quantitative estimate of drug-likeness (QED) is 0.615. The van der Waals surface area contributed by atoms with E-state index < -0.39 is 0 Å². The Labute approximate surface area is 62.8 Å². The summed E-state index contributed by atoms with van der Waals surface area (Å²) in [6, 6.07) is 0. The van der Waals surface area contributed by atoms with Crippen molar-refractivity contribution >= 4 is 0 Å². The Morgan fingerprint density at radius 1 is 1.40 bits per heavy atom. The molecule has 0 heterocycles. The molecule has 0 bridgehead atoms. The number of rotatable bonds is 2. The molecular formula is C8H17NO. The molecule has 10 heavy (non-hydrogen) atoms. The summed E-state index contributed by atoms with van der Waals surface area (Å²) in [5, 5.41) is 9.41. The molecule has 0 radical (unpaired) electrons. The number of hydrogen-bond donors (Lipinski definition) is 1. The second kappa shape index (κ2) is 3.35. The second-order valence-corrected chi connectivity index (χ2v) is 3.52. The van der Waals surface area contributed by atoms with Crippen molar-refractivity contribution in [3.8, 4) is 0 Å². The first-order valence-corrected chi connectivity index (χ1v) is 4.03. The highest BCUT2D eigenvalue weighted by molar-refractivity contribution is 4.77. The molecule has 0 saturated heterocycles. The maximum atomic E-state index is 9.41. The van der Waals surface area contributed by atoms with Crippen LogP contribution in [0.2, 0.25) is 0 Å². The zero-order valence-electron chi connectivity index (χ0n) is 6.88. The zero-order chi connectivity index (χ0) is 7.56. The molecule has 0 aromatic carbocycles. The Hall–Kier alpha value is -0.0800. The standard InChI is InChI=1S/C8H17NO/c1-9(2)6-7-4-3-5-8(7)10/h7-8,10H,3-6H2,1-2H3/t7-,8-/m0/s1. The number of nitrogens with zero attached hydrogens (tertiary/aromatic N) is 1. The van der Waals surface area contributed by atoms with Gasteiger partial charge in [0.15, 0.2) is 0 Å². The van der Waals surface area contributed by atoms with Gasteiger partial charge in [-0.15, -0.1) is 0 Å². The van der Waals surface area contributed by atoms with Gasteiger partial charge in [0, 0.05) is 6.54 Å². The molecule has 0 aliphatic heterocycles. The Balaban J connectivity index is 2.26. The maximum Gasteiger partial charge on any atom is 0.0580 e. The van der Waals surface area contributed by atoms with Gasteiger partial charge >= 0.3 is 0 Å². The molecule has 0 aromatic heterocycles. The normalized spacial score (nSPS) is 33.6. The summed E-state index contributed by atoms with van der Waals surface area (Å²) >= 11 is 0. The molecule has 0 amide bonds. The van der Waals surface area contributed by atoms with Crippen molar-refractivity contribution < 1.29 is 5.11 Å². The lowest BCUT2D eigenvalue weighted by atomic mass is 10.1. The van der Waals surface area contributed by atoms with Crippen molar-refractivity contribution in [3.63, 3.8) is 0 Å². The van der Waals surface area contributed by atoms with Crippen molar-refractivity contribution in [2.45, 2.75) is 25.4 Å². The van der Waals surface area contributed by atoms with Gasteiger partial charge in [-0.3, -0.25) is 0 Å². The van der Waals surface area contributed by atoms with Gasteiger partial charge in [0.05, 0.1) is 6.10 Å². The Bertz CT molecular complexity index is 103. The first-order valence-electron chi connectivity index (χ1n) is 4.03. The molecule has 0 unspecified atom stereocenters. The van der Waals surface area contributed by atoms with Crippen LogP contribution in [0.1, 0.15) is 19.3 Å². The van der Waals surface area contributed by atoms with Gasteiger partial charge in [-0.2, -0.15) is 0 Å². The van der Waals surface area contributed by atoms with Crippen LogP contribution in [0.3, 0.4) is 0 Å². The topological polar surface area (TPSA) is 23.5 Å². The van der Waals surface area contributed by atoms with E-state index in [2.05, 4.69) is 19.0 Å². The summed E-state index contributed by atoms with van der Waals surface area (Å²) in [4.78, 5) is 2.15. The van der Waals surface area contributed by atoms with Crippen molar-refractivity contribution in [1.82, 2.24) is 4.90 Å². The summed E-state index contributed by atoms with van der Waals surface area (Å²) in [5.74, 6) is 0.537. The van der Waals surface area contributed by atoms with Gasteiger partial charge in [-0.25, -0.2) is 0 Å². The first-order chi connectivity index (χ1) is 4.70. The van der Waals surface area contributed by atoms with E-state index >= 15 is 0 Å². The molecule has 2 nitrogen and oxygen atoms in total. The minimum atomic E-state index is -0.0256. The van der Waals surface area contributed by atoms with Crippen LogP contribution in [0.15, 0.2) is 0 Å². The van der Waals surface area contributed by atoms with Crippen LogP contribution in [0.5, 0.6) is 0 Å². The van der Waals surface area contributed by atoms with Gasteiger partial charge in [-0.05, 0) is 32.9 Å². The lowest BCUT2D eigenvalue weighted by Crippen LogP contribution is -2.26. The third kappa shape index (κ3) is 1.96. The average molecular weight is 143 g/mol. The van der Waals surface area contributed by atoms with Gasteiger partial charge in [0.1, 0.15) is 0 Å². The van der Waals surface area contributed by atoms with E-state index in [1.807, 2.05) is 0 Å². The minimum Gasteiger partial charge on any atom is -0.393 e. The van der Waals surface area contributed by atoms with E-state index in [9.17, 15) is 5.11 Å². The second-order valence-electron chi connectivity index (χ2n) is 3.52. The van der Waals surface area contributed by atoms with E-state index in [0.29, 0.717) is 5.92 Å². The average Bonchev–Trinajstić information content (AvgIpc) is 2.15. The maximum absolute atomic E-state index is 9.41. The van der Waals surface area contributed by atoms with Crippen molar-refractivity contribution in [3.05, 3.63) is 0 Å². The van der Waals surface area contributed by atoms with E-state index in [4.69, 9.17) is 0 Å². The van der Waals surface area contributed by atoms with E-state index in [1.54, 1.807) is 0 Å². The molecule has 1 aliphatic carbocycles. The number of aliphatic hydroxyl groups is 1. The SMILES string of the molecule is CN(C)C[C@@H]1CCC[C@@H]1O. The largest absolute Gasteiger partial charge is 0.393 e. The third-order valence-corrected chi connectivity index (χ3v) is 2.22. The van der Waals surface area contributed by atoms with Crippen LogP contribution in [-0.4, -0.2) is 36.8 Å². The molecule has 2 atom stereocenters. The van der Waals surface area contributed by atoms with E-state index in [-0.39, 0.29) is 6.10 Å². The van der Waals surface area contributed by atoms with Crippen LogP contribution in [0, 0.1) is 5.92 Å². The summed E-state index contributed by atoms with van der Waals surface area (Å²) in [7, 11) is 4.12. The van der Waals surface area contributed by atoms with Crippen LogP contribution < -0.4 is 0 Å². The molecule has 1 N–H and O–H groups in total. The smallest absolute Gasteiger partial charge is 0.0580 e. The third-order valence-electron chi connectivity index (χ3n) is 2.22. The van der Waals surface area contributed by atoms with Crippen LogP contribution in [-0.2, 0) is 0 Å². The Kier molecular flexibility index (Phi) is 2.69. The summed E-state index contributed by atoms with van der Waals surface area (Å²) in [5.41, 5.74) is 0. The van der Waals surface area contributed by atoms with Crippen LogP contribution in [0.4, 0.5) is 0 Å². The van der Waals surface area contributed by atoms with Gasteiger partial charge < -0.3 is 10.0 Å². The van der Waals surface area contributed by atoms with E-state index in [0.717, 1.165) is 13.0 Å². The monoisotopic (exact) mass is 143 g/mol. The van der Waals surface area contributed by atoms with Crippen molar-refractivity contribution in [2.75, 3.05) is 20.6 Å². The molecule has 1 rings (SSSR count). The number of aliphatic hydroxyl groups excluding tert-OH is 1. The predicted octanol–water partition coefficient (Wildman–Crippen LogP) is 0.709. The van der Waals surface area contributed by atoms with Gasteiger partial charge in [0.25, 0.3) is 0 Å². The van der Waals surface area contributed by atoms with Gasteiger partial charge in [-0.1, -0.05) is 6.42 Å². The fourth-order valence-corrected chi connectivity index (χ4v) is 1.70. The minimum absolute atomic E-state index is 0.0256. The molecule has 2 heteroatoms. The zero-order valence-corrected chi connectivity index (χ0v) is 6.88. The molecule has 1 aliphatic rings. The summed E-state index contributed by atoms with van der Waals surface area (Å²) in [6.07, 6.45) is 3.40. The lowest BCUT2D eigenvalue weighted by molar-refractivity contribution is 0.115. The first kappa shape index (κ1) is 8.02. The Morgan fingerprint density at radius 3 is 2.50 bits per heavy atom. The predicted molar refractivity (Wildman–Crippen MR) is 41.9 cm³/mol.